The van der Waals surface area contributed by atoms with Gasteiger partial charge in [0.15, 0.2) is 30.5 Å². The van der Waals surface area contributed by atoms with Crippen LogP contribution in [-0.2, 0) is 55.5 Å². The number of nitrogens with two attached hydrogens (primary N) is 1. The van der Waals surface area contributed by atoms with E-state index in [2.05, 4.69) is 41.3 Å². The maximum absolute atomic E-state index is 12.9. The summed E-state index contributed by atoms with van der Waals surface area (Å²) in [5.74, 6) is -0.708. The summed E-state index contributed by atoms with van der Waals surface area (Å²) in [6, 6.07) is 0. The normalized spacial score (nSPS) is 21.2. The first-order chi connectivity index (χ1) is 29.5. The van der Waals surface area contributed by atoms with E-state index in [9.17, 15) is 62.7 Å². The van der Waals surface area contributed by atoms with E-state index in [-0.39, 0.29) is 46.9 Å². The Hall–Kier alpha value is -2.52. The fourth-order valence-electron chi connectivity index (χ4n) is 5.79. The van der Waals surface area contributed by atoms with Crippen molar-refractivity contribution in [2.75, 3.05) is 43.5 Å². The number of ketones is 1. The lowest BCUT2D eigenvalue weighted by Gasteiger charge is -2.27. The molecule has 63 heavy (non-hydrogen) atoms. The Kier molecular flexibility index (Phi) is 22.1. The molecule has 0 aliphatic carbocycles. The standard InChI is InChI=1S/C33H54N7O18P3S2/c1-4-5-6-8-21(62-16-14-41)9-7-10-24(43)63-15-13-35-23(42)11-12-36-31(46)28(45)33(2,3)18-55-61(52,53)58-60(50,51)54-17-22-27(57-59(47,48)49)26(44)32(56-22)40-20-39-25-29(34)37-19-38-30(25)40/h7,10,14,19-22,26-27,31-32,36,44,46H,4-6,8-9,11-13,15-18H2,1-3H3,(H7,34,35,37,38,42,47,48,49,50,51,52,53)/p+1/b10-7+/t21-,22-,26-,27-,31?,32-/m1/s1. The first-order valence-corrected chi connectivity index (χ1v) is 25.9. The number of hydrogen-bond acceptors (Lipinski definition) is 20. The van der Waals surface area contributed by atoms with Crippen LogP contribution >= 0.6 is 47.0 Å². The molecule has 0 aromatic carbocycles. The number of hydrogen-bond donors (Lipinski definition) is 10. The van der Waals surface area contributed by atoms with Gasteiger partial charge in [-0.1, -0.05) is 62.9 Å². The molecule has 1 fully saturated rings. The third-order valence-electron chi connectivity index (χ3n) is 8.94. The summed E-state index contributed by atoms with van der Waals surface area (Å²) in [5, 5.41) is 26.4. The number of Topliss-reactive ketones (excluding diaryl/α,β-unsaturated/α-hetero) is 1. The number of carbonyl (C=O) groups excluding carboxylic acids is 4. The van der Waals surface area contributed by atoms with Crippen LogP contribution in [0.4, 0.5) is 5.82 Å². The van der Waals surface area contributed by atoms with Crippen LogP contribution < -0.4 is 20.9 Å². The molecule has 1 aliphatic rings. The van der Waals surface area contributed by atoms with Crippen LogP contribution in [0.5, 0.6) is 0 Å². The fraction of sp³-hybridized carbons (Fsp3) is 0.667. The van der Waals surface area contributed by atoms with Crippen molar-refractivity contribution in [3.63, 3.8) is 0 Å². The number of thioether (sulfide) groups is 2. The summed E-state index contributed by atoms with van der Waals surface area (Å²) in [6.45, 7) is 2.45. The molecular formula is C33H55N7O18P3S2+. The van der Waals surface area contributed by atoms with Gasteiger partial charge in [0.05, 0.1) is 18.6 Å². The average Bonchev–Trinajstić information content (AvgIpc) is 3.76. The number of aromatic amines is 1. The lowest BCUT2D eigenvalue weighted by atomic mass is 9.88. The number of amides is 1. The van der Waals surface area contributed by atoms with Gasteiger partial charge in [-0.2, -0.15) is 21.1 Å². The van der Waals surface area contributed by atoms with Crippen molar-refractivity contribution in [3.05, 3.63) is 24.8 Å². The Morgan fingerprint density at radius 2 is 1.83 bits per heavy atom. The summed E-state index contributed by atoms with van der Waals surface area (Å²) < 4.78 is 62.4. The number of aldehydes is 1. The van der Waals surface area contributed by atoms with E-state index < -0.39 is 84.6 Å². The van der Waals surface area contributed by atoms with E-state index in [0.29, 0.717) is 17.9 Å². The number of rotatable bonds is 30. The number of nitrogens with zero attached hydrogens (tertiary/aromatic N) is 3. The van der Waals surface area contributed by atoms with Crippen molar-refractivity contribution in [1.29, 1.82) is 0 Å². The van der Waals surface area contributed by atoms with E-state index >= 15 is 0 Å². The van der Waals surface area contributed by atoms with Crippen LogP contribution in [0.3, 0.4) is 0 Å². The van der Waals surface area contributed by atoms with Crippen LogP contribution in [0.15, 0.2) is 24.8 Å². The van der Waals surface area contributed by atoms with Gasteiger partial charge in [-0.05, 0) is 18.9 Å². The molecule has 0 spiro atoms. The van der Waals surface area contributed by atoms with Crippen molar-refractivity contribution in [1.82, 2.24) is 25.6 Å². The number of unbranched alkanes of at least 4 members (excludes halogenated alkanes) is 2. The maximum atomic E-state index is 12.9. The molecule has 0 bridgehead atoms. The minimum atomic E-state index is -5.58. The van der Waals surface area contributed by atoms with Crippen LogP contribution in [0.2, 0.25) is 0 Å². The first kappa shape index (κ1) is 54.8. The molecular weight excluding hydrogens is 939 g/mol. The molecule has 2 aromatic rings. The van der Waals surface area contributed by atoms with Crippen LogP contribution in [0, 0.1) is 5.41 Å². The zero-order valence-corrected chi connectivity index (χ0v) is 38.8. The van der Waals surface area contributed by atoms with E-state index in [1.165, 1.54) is 30.8 Å². The van der Waals surface area contributed by atoms with Gasteiger partial charge in [0.25, 0.3) is 0 Å². The van der Waals surface area contributed by atoms with Gasteiger partial charge >= 0.3 is 29.1 Å². The quantitative estimate of drug-likeness (QED) is 0.0130. The zero-order valence-electron chi connectivity index (χ0n) is 34.5. The number of aromatic nitrogens is 4. The average molecular weight is 995 g/mol. The van der Waals surface area contributed by atoms with Crippen LogP contribution in [-0.4, -0.2) is 135 Å². The van der Waals surface area contributed by atoms with Crippen molar-refractivity contribution in [3.8, 4) is 0 Å². The number of H-pyrrole nitrogens is 1. The number of phosphoric acid groups is 3. The first-order valence-electron chi connectivity index (χ1n) is 19.3. The molecule has 2 aromatic heterocycles. The van der Waals surface area contributed by atoms with E-state index in [4.69, 9.17) is 19.5 Å². The number of carbonyl (C=O) groups is 4. The van der Waals surface area contributed by atoms with Crippen LogP contribution in [0.1, 0.15) is 65.5 Å². The monoisotopic (exact) mass is 994 g/mol. The highest BCUT2D eigenvalue weighted by Crippen LogP contribution is 2.61. The van der Waals surface area contributed by atoms with Gasteiger partial charge in [0.1, 0.15) is 24.6 Å². The molecule has 8 atom stereocenters. The maximum Gasteiger partial charge on any atom is 0.481 e. The summed E-state index contributed by atoms with van der Waals surface area (Å²) in [7, 11) is -16.4. The number of allylic oxidation sites excluding steroid dienone is 1. The molecule has 3 rings (SSSR count). The number of aliphatic hydroxyl groups is 2. The largest absolute Gasteiger partial charge is 0.481 e. The minimum absolute atomic E-state index is 0.00879. The highest BCUT2D eigenvalue weighted by atomic mass is 32.2. The predicted molar refractivity (Wildman–Crippen MR) is 226 cm³/mol. The fourth-order valence-corrected chi connectivity index (χ4v) is 10.1. The Bertz CT molecular complexity index is 2030. The highest BCUT2D eigenvalue weighted by molar-refractivity contribution is 8.14. The van der Waals surface area contributed by atoms with E-state index in [0.717, 1.165) is 50.1 Å². The number of imidazole rings is 1. The number of nitrogens with one attached hydrogen (secondary N) is 3. The minimum Gasteiger partial charge on any atom is -0.384 e. The second-order valence-electron chi connectivity index (χ2n) is 14.5. The van der Waals surface area contributed by atoms with E-state index in [1.807, 2.05) is 0 Å². The summed E-state index contributed by atoms with van der Waals surface area (Å²) in [6.07, 6.45) is 2.25. The lowest BCUT2D eigenvalue weighted by Crippen LogP contribution is -2.46. The Morgan fingerprint density at radius 3 is 2.51 bits per heavy atom. The zero-order chi connectivity index (χ0) is 47.0. The SMILES string of the molecule is CCCCC[C@H](C/C=C/C(=O)SCCNC(=O)CCNC(O)C(=O)C(C)(C)COP(=O)(O)OP(=O)(O)OC[C@H]1O[C@@H]([n+]2c[nH]c3c(N)ncnc32)[C@H](O)[C@@H]1OP(=O)(O)O)SCC=O. The molecule has 11 N–H and O–H groups in total. The summed E-state index contributed by atoms with van der Waals surface area (Å²) in [4.78, 5) is 98.0. The van der Waals surface area contributed by atoms with Gasteiger partial charge in [-0.3, -0.25) is 38.3 Å². The Labute approximate surface area is 370 Å². The second kappa shape index (κ2) is 25.4. The van der Waals surface area contributed by atoms with Gasteiger partial charge in [-0.15, -0.1) is 0 Å². The van der Waals surface area contributed by atoms with Crippen molar-refractivity contribution in [2.24, 2.45) is 5.41 Å². The molecule has 1 amide bonds. The van der Waals surface area contributed by atoms with Crippen molar-refractivity contribution in [2.45, 2.75) is 95.3 Å². The number of aliphatic hydroxyl groups excluding tert-OH is 2. The molecule has 0 saturated carbocycles. The van der Waals surface area contributed by atoms with Crippen molar-refractivity contribution >= 4 is 87.1 Å². The number of fused-ring (bicyclic) bond motifs is 1. The van der Waals surface area contributed by atoms with Gasteiger partial charge in [0.2, 0.25) is 22.8 Å². The molecule has 3 unspecified atom stereocenters. The smallest absolute Gasteiger partial charge is 0.384 e. The molecule has 356 valence electrons. The third-order valence-corrected chi connectivity index (χ3v) is 14.1. The van der Waals surface area contributed by atoms with E-state index in [1.54, 1.807) is 17.8 Å². The van der Waals surface area contributed by atoms with Gasteiger partial charge in [-0.25, -0.2) is 18.3 Å². The molecule has 3 heterocycles. The Morgan fingerprint density at radius 1 is 1.11 bits per heavy atom. The topological polar surface area (TPSA) is 383 Å². The molecule has 30 heteroatoms. The third kappa shape index (κ3) is 18.7. The van der Waals surface area contributed by atoms with Gasteiger partial charge < -0.3 is 50.4 Å². The molecule has 0 radical (unpaired) electrons. The number of phosphoric ester groups is 3. The van der Waals surface area contributed by atoms with Crippen molar-refractivity contribution < 1.29 is 89.8 Å². The summed E-state index contributed by atoms with van der Waals surface area (Å²) in [5.41, 5.74) is 4.36. The predicted octanol–water partition coefficient (Wildman–Crippen LogP) is 0.911. The Balaban J connectivity index is 1.42. The number of ether oxygens (including phenoxy) is 1. The number of nitrogen functional groups attached to an aromatic ring is 1. The van der Waals surface area contributed by atoms with Gasteiger partial charge in [0, 0.05) is 36.3 Å². The molecule has 1 saturated heterocycles. The molecule has 1 aliphatic heterocycles. The molecule has 25 nitrogen and oxygen atoms in total. The number of anilines is 1. The van der Waals surface area contributed by atoms with Crippen LogP contribution in [0.25, 0.3) is 11.2 Å². The second-order valence-corrected chi connectivity index (χ2v) is 21.1. The highest BCUT2D eigenvalue weighted by Gasteiger charge is 2.52. The lowest BCUT2D eigenvalue weighted by molar-refractivity contribution is -0.745. The summed E-state index contributed by atoms with van der Waals surface area (Å²) >= 11 is 2.58.